The second kappa shape index (κ2) is 7.83. The first-order valence-corrected chi connectivity index (χ1v) is 9.46. The molecule has 0 N–H and O–H groups in total. The van der Waals surface area contributed by atoms with Gasteiger partial charge in [0, 0.05) is 49.7 Å². The van der Waals surface area contributed by atoms with Gasteiger partial charge in [-0.1, -0.05) is 0 Å². The Bertz CT molecular complexity index is 654. The number of halogens is 2. The van der Waals surface area contributed by atoms with Crippen LogP contribution in [0.2, 0.25) is 0 Å². The van der Waals surface area contributed by atoms with Gasteiger partial charge in [0.05, 0.1) is 5.56 Å². The largest absolute Gasteiger partial charge is 0.340 e. The van der Waals surface area contributed by atoms with Crippen molar-refractivity contribution in [3.05, 3.63) is 34.1 Å². The average Bonchev–Trinajstić information content (AvgIpc) is 2.61. The molecular weight excluding hydrogens is 389 g/mol. The summed E-state index contributed by atoms with van der Waals surface area (Å²) in [6.07, 6.45) is 1.38. The molecule has 0 aromatic heterocycles. The van der Waals surface area contributed by atoms with Gasteiger partial charge < -0.3 is 14.7 Å². The highest BCUT2D eigenvalue weighted by molar-refractivity contribution is 9.10. The Labute approximate surface area is 155 Å². The average molecular weight is 412 g/mol. The molecule has 0 spiro atoms. The van der Waals surface area contributed by atoms with Crippen molar-refractivity contribution in [1.29, 1.82) is 0 Å². The molecule has 25 heavy (non-hydrogen) atoms. The van der Waals surface area contributed by atoms with Crippen LogP contribution in [0.1, 0.15) is 23.2 Å². The molecular formula is C18H23BrFN3O2. The number of likely N-dealkylation sites (tertiary alicyclic amines) is 1. The van der Waals surface area contributed by atoms with Crippen molar-refractivity contribution in [2.24, 2.45) is 5.92 Å². The van der Waals surface area contributed by atoms with Crippen LogP contribution in [0, 0.1) is 11.7 Å². The Morgan fingerprint density at radius 3 is 2.28 bits per heavy atom. The lowest BCUT2D eigenvalue weighted by atomic mass is 9.94. The first-order chi connectivity index (χ1) is 12.0. The van der Waals surface area contributed by atoms with E-state index in [1.165, 1.54) is 18.2 Å². The van der Waals surface area contributed by atoms with Gasteiger partial charge in [0.25, 0.3) is 5.91 Å². The van der Waals surface area contributed by atoms with Gasteiger partial charge in [-0.15, -0.1) is 0 Å². The van der Waals surface area contributed by atoms with Crippen LogP contribution in [-0.4, -0.2) is 72.8 Å². The van der Waals surface area contributed by atoms with Crippen LogP contribution in [0.3, 0.4) is 0 Å². The molecule has 0 radical (unpaired) electrons. The molecule has 0 bridgehead atoms. The predicted octanol–water partition coefficient (Wildman–Crippen LogP) is 2.21. The van der Waals surface area contributed by atoms with Gasteiger partial charge >= 0.3 is 0 Å². The zero-order valence-electron chi connectivity index (χ0n) is 14.4. The standard InChI is InChI=1S/C18H23BrFN3O2/c1-21-8-10-23(11-9-21)17(24)13-4-6-22(7-5-13)18(25)15-3-2-14(20)12-16(15)19/h2-3,12-13H,4-11H2,1H3. The molecule has 2 saturated heterocycles. The van der Waals surface area contributed by atoms with Gasteiger partial charge in [0.2, 0.25) is 5.91 Å². The summed E-state index contributed by atoms with van der Waals surface area (Å²) in [5.41, 5.74) is 0.463. The van der Waals surface area contributed by atoms with E-state index in [4.69, 9.17) is 0 Å². The monoisotopic (exact) mass is 411 g/mol. The fraction of sp³-hybridized carbons (Fsp3) is 0.556. The number of carbonyl (C=O) groups excluding carboxylic acids is 2. The number of amides is 2. The SMILES string of the molecule is CN1CCN(C(=O)C2CCN(C(=O)c3ccc(F)cc3Br)CC2)CC1. The molecule has 7 heteroatoms. The van der Waals surface area contributed by atoms with Gasteiger partial charge in [-0.2, -0.15) is 0 Å². The maximum Gasteiger partial charge on any atom is 0.255 e. The van der Waals surface area contributed by atoms with Crippen molar-refractivity contribution in [2.75, 3.05) is 46.3 Å². The number of hydrogen-bond donors (Lipinski definition) is 0. The molecule has 0 saturated carbocycles. The Balaban J connectivity index is 1.56. The minimum Gasteiger partial charge on any atom is -0.340 e. The summed E-state index contributed by atoms with van der Waals surface area (Å²) in [5.74, 6) is -0.260. The van der Waals surface area contributed by atoms with E-state index in [0.29, 0.717) is 36.0 Å². The third kappa shape index (κ3) is 4.20. The highest BCUT2D eigenvalue weighted by Crippen LogP contribution is 2.25. The van der Waals surface area contributed by atoms with E-state index >= 15 is 0 Å². The Hall–Kier alpha value is -1.47. The fourth-order valence-corrected chi connectivity index (χ4v) is 3.97. The summed E-state index contributed by atoms with van der Waals surface area (Å²) in [4.78, 5) is 31.2. The highest BCUT2D eigenvalue weighted by Gasteiger charge is 2.31. The number of nitrogens with zero attached hydrogens (tertiary/aromatic N) is 3. The molecule has 2 amide bonds. The third-order valence-corrected chi connectivity index (χ3v) is 5.76. The smallest absolute Gasteiger partial charge is 0.255 e. The minimum atomic E-state index is -0.375. The molecule has 2 aliphatic rings. The molecule has 5 nitrogen and oxygen atoms in total. The first-order valence-electron chi connectivity index (χ1n) is 8.67. The normalized spacial score (nSPS) is 20.0. The zero-order valence-corrected chi connectivity index (χ0v) is 16.0. The summed E-state index contributed by atoms with van der Waals surface area (Å²) in [5, 5.41) is 0. The second-order valence-corrected chi connectivity index (χ2v) is 7.67. The lowest BCUT2D eigenvalue weighted by Gasteiger charge is -2.37. The van der Waals surface area contributed by atoms with E-state index in [9.17, 15) is 14.0 Å². The fourth-order valence-electron chi connectivity index (χ4n) is 3.45. The number of piperidine rings is 1. The molecule has 2 fully saturated rings. The maximum atomic E-state index is 13.2. The predicted molar refractivity (Wildman–Crippen MR) is 96.8 cm³/mol. The van der Waals surface area contributed by atoms with Crippen molar-refractivity contribution < 1.29 is 14.0 Å². The summed E-state index contributed by atoms with van der Waals surface area (Å²) < 4.78 is 13.7. The Kier molecular flexibility index (Phi) is 5.74. The summed E-state index contributed by atoms with van der Waals surface area (Å²) in [6.45, 7) is 4.54. The minimum absolute atomic E-state index is 0.00381. The van der Waals surface area contributed by atoms with E-state index < -0.39 is 0 Å². The van der Waals surface area contributed by atoms with Crippen molar-refractivity contribution in [2.45, 2.75) is 12.8 Å². The van der Waals surface area contributed by atoms with E-state index in [1.807, 2.05) is 4.90 Å². The second-order valence-electron chi connectivity index (χ2n) is 6.82. The molecule has 1 aromatic rings. The van der Waals surface area contributed by atoms with Crippen LogP contribution >= 0.6 is 15.9 Å². The first kappa shape index (κ1) is 18.3. The van der Waals surface area contributed by atoms with Crippen molar-refractivity contribution in [1.82, 2.24) is 14.7 Å². The number of carbonyl (C=O) groups is 2. The number of likely N-dealkylation sites (N-methyl/N-ethyl adjacent to an activating group) is 1. The highest BCUT2D eigenvalue weighted by atomic mass is 79.9. The lowest BCUT2D eigenvalue weighted by molar-refractivity contribution is -0.138. The third-order valence-electron chi connectivity index (χ3n) is 5.11. The van der Waals surface area contributed by atoms with Crippen molar-refractivity contribution >= 4 is 27.7 Å². The van der Waals surface area contributed by atoms with Crippen LogP contribution in [-0.2, 0) is 4.79 Å². The molecule has 2 aliphatic heterocycles. The molecule has 0 unspecified atom stereocenters. The summed E-state index contributed by atoms with van der Waals surface area (Å²) >= 11 is 3.25. The zero-order chi connectivity index (χ0) is 18.0. The van der Waals surface area contributed by atoms with Gasteiger partial charge in [-0.25, -0.2) is 4.39 Å². The maximum absolute atomic E-state index is 13.2. The molecule has 3 rings (SSSR count). The molecule has 136 valence electrons. The van der Waals surface area contributed by atoms with Crippen LogP contribution in [0.5, 0.6) is 0 Å². The van der Waals surface area contributed by atoms with Crippen molar-refractivity contribution in [3.63, 3.8) is 0 Å². The van der Waals surface area contributed by atoms with E-state index in [2.05, 4.69) is 27.9 Å². The van der Waals surface area contributed by atoms with E-state index in [1.54, 1.807) is 4.90 Å². The number of hydrogen-bond acceptors (Lipinski definition) is 3. The summed E-state index contributed by atoms with van der Waals surface area (Å²) in [7, 11) is 2.07. The number of benzene rings is 1. The van der Waals surface area contributed by atoms with Gasteiger partial charge in [-0.05, 0) is 54.0 Å². The quantitative estimate of drug-likeness (QED) is 0.749. The van der Waals surface area contributed by atoms with Gasteiger partial charge in [0.15, 0.2) is 0 Å². The van der Waals surface area contributed by atoms with Gasteiger partial charge in [0.1, 0.15) is 5.82 Å². The molecule has 0 aliphatic carbocycles. The number of piperazine rings is 1. The lowest BCUT2D eigenvalue weighted by Crippen LogP contribution is -2.51. The van der Waals surface area contributed by atoms with Crippen LogP contribution in [0.25, 0.3) is 0 Å². The van der Waals surface area contributed by atoms with E-state index in [0.717, 1.165) is 26.2 Å². The molecule has 1 aromatic carbocycles. The topological polar surface area (TPSA) is 43.9 Å². The molecule has 0 atom stereocenters. The van der Waals surface area contributed by atoms with Crippen LogP contribution < -0.4 is 0 Å². The van der Waals surface area contributed by atoms with E-state index in [-0.39, 0.29) is 23.5 Å². The van der Waals surface area contributed by atoms with Crippen molar-refractivity contribution in [3.8, 4) is 0 Å². The van der Waals surface area contributed by atoms with Crippen LogP contribution in [0.4, 0.5) is 4.39 Å². The van der Waals surface area contributed by atoms with Gasteiger partial charge in [-0.3, -0.25) is 9.59 Å². The number of rotatable bonds is 2. The Morgan fingerprint density at radius 1 is 1.04 bits per heavy atom. The Morgan fingerprint density at radius 2 is 1.68 bits per heavy atom. The molecule has 2 heterocycles. The summed E-state index contributed by atoms with van der Waals surface area (Å²) in [6, 6.07) is 4.10. The van der Waals surface area contributed by atoms with Crippen LogP contribution in [0.15, 0.2) is 22.7 Å².